The number of carbonyl (C=O) groups is 1. The molecule has 0 aliphatic heterocycles. The SMILES string of the molecule is CCCCCCCNCCC(=O)OC. The fraction of sp³-hybridized carbons (Fsp3) is 0.909. The molecular formula is C11H23NO2. The molecule has 0 aliphatic rings. The standard InChI is InChI=1S/C11H23NO2/c1-3-4-5-6-7-9-12-10-8-11(13)14-2/h12H,3-10H2,1-2H3. The van der Waals surface area contributed by atoms with Crippen molar-refractivity contribution in [1.29, 1.82) is 0 Å². The van der Waals surface area contributed by atoms with Crippen LogP contribution in [0, 0.1) is 0 Å². The van der Waals surface area contributed by atoms with Crippen LogP contribution in [0.4, 0.5) is 0 Å². The van der Waals surface area contributed by atoms with Crippen LogP contribution in [0.25, 0.3) is 0 Å². The molecule has 0 atom stereocenters. The number of methoxy groups -OCH3 is 1. The maximum Gasteiger partial charge on any atom is 0.306 e. The predicted octanol–water partition coefficient (Wildman–Crippen LogP) is 2.11. The molecule has 0 fully saturated rings. The van der Waals surface area contributed by atoms with Crippen LogP contribution >= 0.6 is 0 Å². The highest BCUT2D eigenvalue weighted by molar-refractivity contribution is 5.69. The average Bonchev–Trinajstić information content (AvgIpc) is 2.21. The van der Waals surface area contributed by atoms with Crippen molar-refractivity contribution in [2.75, 3.05) is 20.2 Å². The summed E-state index contributed by atoms with van der Waals surface area (Å²) in [6.07, 6.45) is 6.93. The summed E-state index contributed by atoms with van der Waals surface area (Å²) in [5.74, 6) is -0.136. The number of unbranched alkanes of at least 4 members (excludes halogenated alkanes) is 4. The Labute approximate surface area is 87.2 Å². The van der Waals surface area contributed by atoms with Gasteiger partial charge in [0.25, 0.3) is 0 Å². The van der Waals surface area contributed by atoms with E-state index in [1.54, 1.807) is 0 Å². The topological polar surface area (TPSA) is 38.3 Å². The number of hydrogen-bond acceptors (Lipinski definition) is 3. The first-order chi connectivity index (χ1) is 6.81. The molecule has 0 unspecified atom stereocenters. The molecule has 0 bridgehead atoms. The van der Waals surface area contributed by atoms with Gasteiger partial charge in [-0.05, 0) is 13.0 Å². The van der Waals surface area contributed by atoms with E-state index in [9.17, 15) is 4.79 Å². The summed E-state index contributed by atoms with van der Waals surface area (Å²) < 4.78 is 4.53. The number of esters is 1. The molecular weight excluding hydrogens is 178 g/mol. The third-order valence-corrected chi connectivity index (χ3v) is 2.19. The summed E-state index contributed by atoms with van der Waals surface area (Å²) >= 11 is 0. The van der Waals surface area contributed by atoms with Gasteiger partial charge >= 0.3 is 5.97 Å². The van der Waals surface area contributed by atoms with Gasteiger partial charge in [0.15, 0.2) is 0 Å². The van der Waals surface area contributed by atoms with Crippen LogP contribution in [0.5, 0.6) is 0 Å². The quantitative estimate of drug-likeness (QED) is 0.458. The van der Waals surface area contributed by atoms with Gasteiger partial charge < -0.3 is 10.1 Å². The van der Waals surface area contributed by atoms with Crippen LogP contribution in [-0.4, -0.2) is 26.2 Å². The zero-order chi connectivity index (χ0) is 10.6. The van der Waals surface area contributed by atoms with Crippen molar-refractivity contribution in [3.8, 4) is 0 Å². The van der Waals surface area contributed by atoms with E-state index < -0.39 is 0 Å². The smallest absolute Gasteiger partial charge is 0.306 e. The highest BCUT2D eigenvalue weighted by Crippen LogP contribution is 2.00. The fourth-order valence-electron chi connectivity index (χ4n) is 1.27. The van der Waals surface area contributed by atoms with Crippen molar-refractivity contribution >= 4 is 5.97 Å². The van der Waals surface area contributed by atoms with Crippen LogP contribution in [0.1, 0.15) is 45.4 Å². The van der Waals surface area contributed by atoms with Crippen LogP contribution < -0.4 is 5.32 Å². The Hall–Kier alpha value is -0.570. The molecule has 0 aliphatic carbocycles. The number of hydrogen-bond donors (Lipinski definition) is 1. The number of nitrogens with one attached hydrogen (secondary N) is 1. The summed E-state index contributed by atoms with van der Waals surface area (Å²) in [7, 11) is 1.42. The minimum absolute atomic E-state index is 0.136. The van der Waals surface area contributed by atoms with Crippen LogP contribution in [0.2, 0.25) is 0 Å². The van der Waals surface area contributed by atoms with Crippen molar-refractivity contribution in [2.24, 2.45) is 0 Å². The van der Waals surface area contributed by atoms with E-state index in [4.69, 9.17) is 0 Å². The van der Waals surface area contributed by atoms with Gasteiger partial charge in [-0.2, -0.15) is 0 Å². The average molecular weight is 201 g/mol. The molecule has 3 heteroatoms. The third-order valence-electron chi connectivity index (χ3n) is 2.19. The molecule has 0 aromatic heterocycles. The monoisotopic (exact) mass is 201 g/mol. The Morgan fingerprint density at radius 2 is 1.86 bits per heavy atom. The Bertz CT molecular complexity index is 137. The molecule has 0 aromatic rings. The first-order valence-electron chi connectivity index (χ1n) is 5.58. The van der Waals surface area contributed by atoms with E-state index in [1.165, 1.54) is 39.2 Å². The molecule has 0 aromatic carbocycles. The van der Waals surface area contributed by atoms with Crippen molar-refractivity contribution in [2.45, 2.75) is 45.4 Å². The summed E-state index contributed by atoms with van der Waals surface area (Å²) in [4.78, 5) is 10.7. The number of carbonyl (C=O) groups excluding carboxylic acids is 1. The molecule has 0 saturated carbocycles. The van der Waals surface area contributed by atoms with Gasteiger partial charge in [-0.1, -0.05) is 32.6 Å². The van der Waals surface area contributed by atoms with Crippen LogP contribution in [-0.2, 0) is 9.53 Å². The lowest BCUT2D eigenvalue weighted by atomic mass is 10.1. The second kappa shape index (κ2) is 10.5. The van der Waals surface area contributed by atoms with E-state index in [2.05, 4.69) is 17.0 Å². The second-order valence-corrected chi connectivity index (χ2v) is 3.49. The van der Waals surface area contributed by atoms with Crippen molar-refractivity contribution in [3.63, 3.8) is 0 Å². The molecule has 0 saturated heterocycles. The molecule has 0 amide bonds. The second-order valence-electron chi connectivity index (χ2n) is 3.49. The van der Waals surface area contributed by atoms with Gasteiger partial charge in [0, 0.05) is 6.54 Å². The molecule has 3 nitrogen and oxygen atoms in total. The van der Waals surface area contributed by atoms with Gasteiger partial charge in [-0.25, -0.2) is 0 Å². The highest BCUT2D eigenvalue weighted by atomic mass is 16.5. The van der Waals surface area contributed by atoms with Gasteiger partial charge in [0.05, 0.1) is 13.5 Å². The highest BCUT2D eigenvalue weighted by Gasteiger charge is 1.97. The summed E-state index contributed by atoms with van der Waals surface area (Å²) in [5, 5.41) is 3.23. The maximum atomic E-state index is 10.7. The van der Waals surface area contributed by atoms with Gasteiger partial charge in [0.1, 0.15) is 0 Å². The Morgan fingerprint density at radius 1 is 1.14 bits per heavy atom. The lowest BCUT2D eigenvalue weighted by Crippen LogP contribution is -2.19. The largest absolute Gasteiger partial charge is 0.469 e. The summed E-state index contributed by atoms with van der Waals surface area (Å²) in [6, 6.07) is 0. The van der Waals surface area contributed by atoms with Gasteiger partial charge in [-0.15, -0.1) is 0 Å². The van der Waals surface area contributed by atoms with E-state index >= 15 is 0 Å². The molecule has 0 spiro atoms. The van der Waals surface area contributed by atoms with Crippen LogP contribution in [0.15, 0.2) is 0 Å². The van der Waals surface area contributed by atoms with Crippen LogP contribution in [0.3, 0.4) is 0 Å². The first-order valence-corrected chi connectivity index (χ1v) is 5.58. The Balaban J connectivity index is 2.95. The zero-order valence-electron chi connectivity index (χ0n) is 9.47. The molecule has 14 heavy (non-hydrogen) atoms. The Morgan fingerprint density at radius 3 is 2.50 bits per heavy atom. The van der Waals surface area contributed by atoms with E-state index in [0.717, 1.165) is 13.1 Å². The lowest BCUT2D eigenvalue weighted by Gasteiger charge is -2.03. The fourth-order valence-corrected chi connectivity index (χ4v) is 1.27. The molecule has 0 radical (unpaired) electrons. The predicted molar refractivity (Wildman–Crippen MR) is 58.3 cm³/mol. The minimum atomic E-state index is -0.136. The summed E-state index contributed by atoms with van der Waals surface area (Å²) in [6.45, 7) is 3.97. The number of ether oxygens (including phenoxy) is 1. The molecule has 0 rings (SSSR count). The summed E-state index contributed by atoms with van der Waals surface area (Å²) in [5.41, 5.74) is 0. The van der Waals surface area contributed by atoms with E-state index in [1.807, 2.05) is 0 Å². The van der Waals surface area contributed by atoms with Crippen molar-refractivity contribution in [3.05, 3.63) is 0 Å². The van der Waals surface area contributed by atoms with E-state index in [0.29, 0.717) is 6.42 Å². The third kappa shape index (κ3) is 9.52. The van der Waals surface area contributed by atoms with Gasteiger partial charge in [-0.3, -0.25) is 4.79 Å². The molecule has 84 valence electrons. The molecule has 0 heterocycles. The van der Waals surface area contributed by atoms with Gasteiger partial charge in [0.2, 0.25) is 0 Å². The van der Waals surface area contributed by atoms with Crippen molar-refractivity contribution in [1.82, 2.24) is 5.32 Å². The number of rotatable bonds is 9. The lowest BCUT2D eigenvalue weighted by molar-refractivity contribution is -0.140. The Kier molecular flexibility index (Phi) is 10.1. The normalized spacial score (nSPS) is 10.1. The first kappa shape index (κ1) is 13.4. The molecule has 1 N–H and O–H groups in total. The minimum Gasteiger partial charge on any atom is -0.469 e. The maximum absolute atomic E-state index is 10.7. The van der Waals surface area contributed by atoms with E-state index in [-0.39, 0.29) is 5.97 Å². The van der Waals surface area contributed by atoms with Crippen molar-refractivity contribution < 1.29 is 9.53 Å². The zero-order valence-corrected chi connectivity index (χ0v) is 9.47.